The van der Waals surface area contributed by atoms with E-state index in [2.05, 4.69) is 34.9 Å². The minimum Gasteiger partial charge on any atom is -0.461 e. The lowest BCUT2D eigenvalue weighted by Crippen LogP contribution is -2.47. The van der Waals surface area contributed by atoms with Crippen LogP contribution in [0.1, 0.15) is 201 Å². The molecule has 0 fully saturated rings. The van der Waals surface area contributed by atoms with Gasteiger partial charge < -0.3 is 14.0 Å². The first-order chi connectivity index (χ1) is 21.3. The first-order valence-corrected chi connectivity index (χ1v) is 19.5. The van der Waals surface area contributed by atoms with Crippen LogP contribution >= 0.6 is 0 Å². The first-order valence-electron chi connectivity index (χ1n) is 19.5. The Morgan fingerprint density at radius 1 is 0.477 bits per heavy atom. The monoisotopic (exact) mass is 625 g/mol. The van der Waals surface area contributed by atoms with Crippen molar-refractivity contribution in [2.45, 2.75) is 207 Å². The van der Waals surface area contributed by atoms with Crippen LogP contribution in [0.3, 0.4) is 0 Å². The molecule has 0 radical (unpaired) electrons. The van der Waals surface area contributed by atoms with Gasteiger partial charge in [-0.3, -0.25) is 9.59 Å². The summed E-state index contributed by atoms with van der Waals surface area (Å²) < 4.78 is 12.2. The lowest BCUT2D eigenvalue weighted by molar-refractivity contribution is -0.891. The van der Waals surface area contributed by atoms with Crippen LogP contribution in [-0.2, 0) is 19.1 Å². The van der Waals surface area contributed by atoms with Crippen molar-refractivity contribution in [2.24, 2.45) is 0 Å². The van der Waals surface area contributed by atoms with Crippen LogP contribution in [0.15, 0.2) is 0 Å². The fourth-order valence-electron chi connectivity index (χ4n) is 5.88. The topological polar surface area (TPSA) is 52.6 Å². The predicted molar refractivity (Wildman–Crippen MR) is 189 cm³/mol. The Balaban J connectivity index is 3.96. The molecule has 0 amide bonds. The van der Waals surface area contributed by atoms with Crippen molar-refractivity contribution in [2.75, 3.05) is 33.8 Å². The van der Waals surface area contributed by atoms with Gasteiger partial charge in [-0.15, -0.1) is 0 Å². The number of likely N-dealkylation sites (N-methyl/N-ethyl adjacent to an activating group) is 1. The van der Waals surface area contributed by atoms with Crippen LogP contribution in [0, 0.1) is 0 Å². The minimum atomic E-state index is -0.380. The van der Waals surface area contributed by atoms with E-state index in [0.29, 0.717) is 19.4 Å². The molecule has 0 aromatic carbocycles. The number of esters is 2. The number of ether oxygens (including phenoxy) is 2. The third-order valence-corrected chi connectivity index (χ3v) is 9.25. The van der Waals surface area contributed by atoms with Crippen LogP contribution < -0.4 is 0 Å². The fourth-order valence-corrected chi connectivity index (χ4v) is 5.88. The Hall–Kier alpha value is -1.10. The number of hydrogen-bond acceptors (Lipinski definition) is 4. The molecule has 0 saturated carbocycles. The van der Waals surface area contributed by atoms with Gasteiger partial charge in [-0.2, -0.15) is 0 Å². The number of quaternary nitrogens is 1. The lowest BCUT2D eigenvalue weighted by atomic mass is 10.0. The Morgan fingerprint density at radius 2 is 0.795 bits per heavy atom. The Labute approximate surface area is 275 Å². The van der Waals surface area contributed by atoms with Gasteiger partial charge in [0.25, 0.3) is 0 Å². The smallest absolute Gasteiger partial charge is 0.306 e. The first kappa shape index (κ1) is 42.9. The van der Waals surface area contributed by atoms with E-state index in [4.69, 9.17) is 9.47 Å². The molecule has 0 aromatic heterocycles. The third-order valence-electron chi connectivity index (χ3n) is 9.25. The SMILES string of the molecule is CCCCCCCCCCCCCCCC(=O)OCC(C[N+](C)(C)CC)OC(=O)CCCCCCCCCCCCCCC. The number of rotatable bonds is 34. The maximum absolute atomic E-state index is 12.6. The van der Waals surface area contributed by atoms with Crippen molar-refractivity contribution >= 4 is 11.9 Å². The van der Waals surface area contributed by atoms with E-state index < -0.39 is 0 Å². The fraction of sp³-hybridized carbons (Fsp3) is 0.949. The maximum atomic E-state index is 12.6. The molecule has 0 aliphatic rings. The summed E-state index contributed by atoms with van der Waals surface area (Å²) in [7, 11) is 4.26. The second-order valence-electron chi connectivity index (χ2n) is 14.2. The molecule has 0 N–H and O–H groups in total. The molecule has 5 nitrogen and oxygen atoms in total. The van der Waals surface area contributed by atoms with Gasteiger partial charge in [0.05, 0.1) is 20.6 Å². The Kier molecular flexibility index (Phi) is 31.1. The van der Waals surface area contributed by atoms with Crippen LogP contribution in [0.2, 0.25) is 0 Å². The second kappa shape index (κ2) is 31.9. The highest BCUT2D eigenvalue weighted by Crippen LogP contribution is 2.15. The number of hydrogen-bond donors (Lipinski definition) is 0. The average molecular weight is 625 g/mol. The molecular weight excluding hydrogens is 546 g/mol. The van der Waals surface area contributed by atoms with Crippen molar-refractivity contribution in [3.63, 3.8) is 0 Å². The number of carbonyl (C=O) groups is 2. The number of unbranched alkanes of at least 4 members (excludes halogenated alkanes) is 24. The van der Waals surface area contributed by atoms with Crippen molar-refractivity contribution in [1.82, 2.24) is 0 Å². The molecule has 44 heavy (non-hydrogen) atoms. The molecule has 0 spiro atoms. The summed E-state index contributed by atoms with van der Waals surface area (Å²) in [5.74, 6) is -0.311. The van der Waals surface area contributed by atoms with E-state index >= 15 is 0 Å². The van der Waals surface area contributed by atoms with E-state index in [1.54, 1.807) is 0 Å². The van der Waals surface area contributed by atoms with Crippen LogP contribution in [0.4, 0.5) is 0 Å². The van der Waals surface area contributed by atoms with Crippen molar-refractivity contribution < 1.29 is 23.5 Å². The quantitative estimate of drug-likeness (QED) is 0.0406. The zero-order valence-electron chi connectivity index (χ0n) is 30.6. The summed E-state index contributed by atoms with van der Waals surface area (Å²) in [5.41, 5.74) is 0. The number of carbonyl (C=O) groups excluding carboxylic acids is 2. The molecular formula is C39H78NO4+. The molecule has 0 bridgehead atoms. The van der Waals surface area contributed by atoms with Gasteiger partial charge in [-0.1, -0.05) is 168 Å². The molecule has 0 saturated heterocycles. The minimum absolute atomic E-state index is 0.151. The van der Waals surface area contributed by atoms with Gasteiger partial charge in [0.2, 0.25) is 0 Å². The zero-order chi connectivity index (χ0) is 32.6. The van der Waals surface area contributed by atoms with Crippen LogP contribution in [-0.4, -0.2) is 56.3 Å². The molecule has 0 heterocycles. The summed E-state index contributed by atoms with van der Waals surface area (Å²) in [6, 6.07) is 0. The van der Waals surface area contributed by atoms with Gasteiger partial charge in [0.15, 0.2) is 6.10 Å². The molecule has 262 valence electrons. The molecule has 0 aliphatic carbocycles. The average Bonchev–Trinajstić information content (AvgIpc) is 3.00. The van der Waals surface area contributed by atoms with E-state index in [-0.39, 0.29) is 24.6 Å². The summed E-state index contributed by atoms with van der Waals surface area (Å²) in [4.78, 5) is 25.0. The highest BCUT2D eigenvalue weighted by atomic mass is 16.6. The van der Waals surface area contributed by atoms with Gasteiger partial charge >= 0.3 is 11.9 Å². The van der Waals surface area contributed by atoms with Crippen molar-refractivity contribution in [1.29, 1.82) is 0 Å². The zero-order valence-corrected chi connectivity index (χ0v) is 30.6. The van der Waals surface area contributed by atoms with E-state index in [1.165, 1.54) is 141 Å². The maximum Gasteiger partial charge on any atom is 0.306 e. The van der Waals surface area contributed by atoms with Crippen molar-refractivity contribution in [3.8, 4) is 0 Å². The van der Waals surface area contributed by atoms with Gasteiger partial charge in [-0.25, -0.2) is 0 Å². The van der Waals surface area contributed by atoms with Gasteiger partial charge in [0.1, 0.15) is 13.2 Å². The highest BCUT2D eigenvalue weighted by Gasteiger charge is 2.25. The standard InChI is InChI=1S/C39H78NO4/c1-6-9-11-13-15-17-19-21-23-25-27-29-31-33-38(41)43-36-37(35-40(4,5)8-3)44-39(42)34-32-30-28-26-24-22-20-18-16-14-12-10-7-2/h37H,6-36H2,1-5H3/q+1. The molecule has 1 atom stereocenters. The summed E-state index contributed by atoms with van der Waals surface area (Å²) in [6.07, 6.45) is 34.1. The van der Waals surface area contributed by atoms with Gasteiger partial charge in [0, 0.05) is 12.8 Å². The highest BCUT2D eigenvalue weighted by molar-refractivity contribution is 5.70. The molecule has 1 unspecified atom stereocenters. The van der Waals surface area contributed by atoms with E-state index in [0.717, 1.165) is 36.7 Å². The van der Waals surface area contributed by atoms with E-state index in [9.17, 15) is 9.59 Å². The van der Waals surface area contributed by atoms with Crippen LogP contribution in [0.25, 0.3) is 0 Å². The summed E-state index contributed by atoms with van der Waals surface area (Å²) >= 11 is 0. The second-order valence-corrected chi connectivity index (χ2v) is 14.2. The Bertz CT molecular complexity index is 636. The third kappa shape index (κ3) is 30.9. The lowest BCUT2D eigenvalue weighted by Gasteiger charge is -2.31. The largest absolute Gasteiger partial charge is 0.461 e. The molecule has 0 aromatic rings. The molecule has 5 heteroatoms. The Morgan fingerprint density at radius 3 is 1.14 bits per heavy atom. The van der Waals surface area contributed by atoms with Crippen molar-refractivity contribution in [3.05, 3.63) is 0 Å². The summed E-state index contributed by atoms with van der Waals surface area (Å²) in [5, 5.41) is 0. The summed E-state index contributed by atoms with van der Waals surface area (Å²) in [6.45, 7) is 8.44. The predicted octanol–water partition coefficient (Wildman–Crippen LogP) is 11.5. The van der Waals surface area contributed by atoms with E-state index in [1.807, 2.05) is 0 Å². The van der Waals surface area contributed by atoms with Gasteiger partial charge in [-0.05, 0) is 19.8 Å². The molecule has 0 aliphatic heterocycles. The molecule has 0 rings (SSSR count). The normalized spacial score (nSPS) is 12.4. The number of nitrogens with zero attached hydrogens (tertiary/aromatic N) is 1. The van der Waals surface area contributed by atoms with Crippen LogP contribution in [0.5, 0.6) is 0 Å².